The van der Waals surface area contributed by atoms with Gasteiger partial charge < -0.3 is 5.73 Å². The number of allylic oxidation sites excluding steroid dienone is 1. The van der Waals surface area contributed by atoms with Gasteiger partial charge in [0.1, 0.15) is 11.6 Å². The number of nitrogens with two attached hydrogens (primary N) is 1. The number of halogens is 2. The van der Waals surface area contributed by atoms with E-state index in [1.807, 2.05) is 42.5 Å². The van der Waals surface area contributed by atoms with E-state index >= 15 is 8.78 Å². The first-order valence-electron chi connectivity index (χ1n) is 9.65. The summed E-state index contributed by atoms with van der Waals surface area (Å²) in [5.41, 5.74) is 12.1. The zero-order valence-electron chi connectivity index (χ0n) is 15.9. The summed E-state index contributed by atoms with van der Waals surface area (Å²) in [7, 11) is 0. The maximum absolute atomic E-state index is 15.1. The lowest BCUT2D eigenvalue weighted by atomic mass is 9.86. The molecule has 28 heavy (non-hydrogen) atoms. The molecule has 1 nitrogen and oxygen atoms in total. The number of hydrogen-bond acceptors (Lipinski definition) is 1. The van der Waals surface area contributed by atoms with Gasteiger partial charge in [0.05, 0.1) is 5.56 Å². The Morgan fingerprint density at radius 2 is 1.61 bits per heavy atom. The normalized spacial score (nSPS) is 14.0. The number of hydrogen-bond donors (Lipinski definition) is 1. The summed E-state index contributed by atoms with van der Waals surface area (Å²) in [5, 5.41) is 0. The first-order valence-corrected chi connectivity index (χ1v) is 9.65. The third-order valence-electron chi connectivity index (χ3n) is 5.41. The Bertz CT molecular complexity index is 1030. The molecule has 0 bridgehead atoms. The van der Waals surface area contributed by atoms with Gasteiger partial charge in [-0.2, -0.15) is 0 Å². The molecule has 1 aliphatic carbocycles. The monoisotopic (exact) mass is 375 g/mol. The summed E-state index contributed by atoms with van der Waals surface area (Å²) in [5.74, 6) is -1.03. The molecule has 1 aliphatic rings. The SMILES string of the molecule is Cc1cc(F)c(C2=C(c3ccccc3)CCCc3cc(CN)ccc32)c(F)c1. The van der Waals surface area contributed by atoms with E-state index in [1.54, 1.807) is 6.92 Å². The second-order valence-electron chi connectivity index (χ2n) is 7.37. The fourth-order valence-electron chi connectivity index (χ4n) is 4.12. The van der Waals surface area contributed by atoms with Crippen molar-refractivity contribution in [1.29, 1.82) is 0 Å². The molecule has 0 saturated heterocycles. The lowest BCUT2D eigenvalue weighted by Gasteiger charge is -2.18. The predicted molar refractivity (Wildman–Crippen MR) is 111 cm³/mol. The van der Waals surface area contributed by atoms with Crippen LogP contribution in [0.2, 0.25) is 0 Å². The first kappa shape index (κ1) is 18.6. The van der Waals surface area contributed by atoms with Gasteiger partial charge in [-0.1, -0.05) is 48.5 Å². The van der Waals surface area contributed by atoms with Crippen molar-refractivity contribution in [2.24, 2.45) is 5.73 Å². The molecule has 0 saturated carbocycles. The summed E-state index contributed by atoms with van der Waals surface area (Å²) in [6, 6.07) is 18.7. The Labute approximate surface area is 164 Å². The number of aryl methyl sites for hydroxylation is 2. The Kier molecular flexibility index (Phi) is 5.10. The largest absolute Gasteiger partial charge is 0.326 e. The van der Waals surface area contributed by atoms with Crippen LogP contribution < -0.4 is 5.73 Å². The smallest absolute Gasteiger partial charge is 0.134 e. The predicted octanol–water partition coefficient (Wildman–Crippen LogP) is 6.03. The molecular formula is C25H23F2N. The molecule has 0 radical (unpaired) electrons. The molecule has 4 rings (SSSR count). The van der Waals surface area contributed by atoms with Crippen LogP contribution in [0.3, 0.4) is 0 Å². The van der Waals surface area contributed by atoms with Gasteiger partial charge in [-0.15, -0.1) is 0 Å². The molecule has 0 spiro atoms. The second kappa shape index (κ2) is 7.69. The molecule has 142 valence electrons. The maximum Gasteiger partial charge on any atom is 0.134 e. The van der Waals surface area contributed by atoms with Crippen molar-refractivity contribution >= 4 is 11.1 Å². The van der Waals surface area contributed by atoms with Gasteiger partial charge in [0.15, 0.2) is 0 Å². The minimum absolute atomic E-state index is 0.0631. The van der Waals surface area contributed by atoms with Crippen molar-refractivity contribution in [1.82, 2.24) is 0 Å². The van der Waals surface area contributed by atoms with Gasteiger partial charge in [0.25, 0.3) is 0 Å². The maximum atomic E-state index is 15.1. The number of fused-ring (bicyclic) bond motifs is 1. The summed E-state index contributed by atoms with van der Waals surface area (Å²) in [6.07, 6.45) is 2.54. The number of rotatable bonds is 3. The van der Waals surface area contributed by atoms with E-state index in [-0.39, 0.29) is 5.56 Å². The van der Waals surface area contributed by atoms with Gasteiger partial charge in [-0.25, -0.2) is 8.78 Å². The highest BCUT2D eigenvalue weighted by molar-refractivity contribution is 6.00. The zero-order chi connectivity index (χ0) is 19.7. The van der Waals surface area contributed by atoms with E-state index in [4.69, 9.17) is 5.73 Å². The molecule has 3 aromatic rings. The molecule has 0 unspecified atom stereocenters. The van der Waals surface area contributed by atoms with Gasteiger partial charge >= 0.3 is 0 Å². The highest BCUT2D eigenvalue weighted by Gasteiger charge is 2.25. The first-order chi connectivity index (χ1) is 13.6. The fraction of sp³-hybridized carbons (Fsp3) is 0.200. The lowest BCUT2D eigenvalue weighted by molar-refractivity contribution is 0.575. The van der Waals surface area contributed by atoms with Crippen molar-refractivity contribution < 1.29 is 8.78 Å². The van der Waals surface area contributed by atoms with E-state index in [1.165, 1.54) is 12.1 Å². The zero-order valence-corrected chi connectivity index (χ0v) is 15.9. The van der Waals surface area contributed by atoms with E-state index in [0.717, 1.165) is 47.1 Å². The molecule has 0 fully saturated rings. The standard InChI is InChI=1S/C25H23F2N/c1-16-12-22(26)25(23(27)13-16)24-20(18-6-3-2-4-7-18)9-5-8-19-14-17(15-28)10-11-21(19)24/h2-4,6-7,10-14H,5,8-9,15,28H2,1H3. The molecule has 0 aromatic heterocycles. The lowest BCUT2D eigenvalue weighted by Crippen LogP contribution is -2.04. The van der Waals surface area contributed by atoms with Crippen LogP contribution in [-0.2, 0) is 13.0 Å². The Hall–Kier alpha value is -2.78. The molecule has 0 amide bonds. The summed E-state index contributed by atoms with van der Waals surface area (Å²) >= 11 is 0. The van der Waals surface area contributed by atoms with Gasteiger partial charge in [-0.05, 0) is 77.3 Å². The molecule has 2 N–H and O–H groups in total. The van der Waals surface area contributed by atoms with Crippen molar-refractivity contribution in [3.8, 4) is 0 Å². The third-order valence-corrected chi connectivity index (χ3v) is 5.41. The number of benzene rings is 3. The third kappa shape index (κ3) is 3.38. The highest BCUT2D eigenvalue weighted by atomic mass is 19.1. The Balaban J connectivity index is 2.07. The topological polar surface area (TPSA) is 26.0 Å². The van der Waals surface area contributed by atoms with Crippen molar-refractivity contribution in [2.45, 2.75) is 32.7 Å². The average molecular weight is 375 g/mol. The average Bonchev–Trinajstić information content (AvgIpc) is 2.87. The Morgan fingerprint density at radius 3 is 2.29 bits per heavy atom. The van der Waals surface area contributed by atoms with Crippen molar-refractivity contribution in [3.05, 3.63) is 106 Å². The second-order valence-corrected chi connectivity index (χ2v) is 7.37. The molecule has 0 heterocycles. The van der Waals surface area contributed by atoms with Crippen LogP contribution >= 0.6 is 0 Å². The minimum atomic E-state index is -0.517. The van der Waals surface area contributed by atoms with Crippen LogP contribution in [-0.4, -0.2) is 0 Å². The summed E-state index contributed by atoms with van der Waals surface area (Å²) in [4.78, 5) is 0. The molecule has 3 heteroatoms. The van der Waals surface area contributed by atoms with E-state index in [9.17, 15) is 0 Å². The molecule has 0 aliphatic heterocycles. The summed E-state index contributed by atoms with van der Waals surface area (Å²) in [6.45, 7) is 2.15. The van der Waals surface area contributed by atoms with Crippen LogP contribution in [0.1, 0.15) is 46.2 Å². The Morgan fingerprint density at radius 1 is 0.893 bits per heavy atom. The van der Waals surface area contributed by atoms with E-state index in [0.29, 0.717) is 17.7 Å². The summed E-state index contributed by atoms with van der Waals surface area (Å²) < 4.78 is 30.1. The fourth-order valence-corrected chi connectivity index (χ4v) is 4.12. The van der Waals surface area contributed by atoms with Crippen LogP contribution in [0.15, 0.2) is 60.7 Å². The molecular weight excluding hydrogens is 352 g/mol. The van der Waals surface area contributed by atoms with Crippen LogP contribution in [0.4, 0.5) is 8.78 Å². The van der Waals surface area contributed by atoms with Crippen molar-refractivity contribution in [2.75, 3.05) is 0 Å². The van der Waals surface area contributed by atoms with Gasteiger partial charge in [0, 0.05) is 6.54 Å². The van der Waals surface area contributed by atoms with Gasteiger partial charge in [-0.3, -0.25) is 0 Å². The van der Waals surface area contributed by atoms with Crippen LogP contribution in [0, 0.1) is 18.6 Å². The van der Waals surface area contributed by atoms with E-state index in [2.05, 4.69) is 6.07 Å². The van der Waals surface area contributed by atoms with E-state index < -0.39 is 11.6 Å². The quantitative estimate of drug-likeness (QED) is 0.594. The molecule has 0 atom stereocenters. The highest BCUT2D eigenvalue weighted by Crippen LogP contribution is 2.41. The van der Waals surface area contributed by atoms with Crippen LogP contribution in [0.5, 0.6) is 0 Å². The van der Waals surface area contributed by atoms with Crippen molar-refractivity contribution in [3.63, 3.8) is 0 Å². The minimum Gasteiger partial charge on any atom is -0.326 e. The van der Waals surface area contributed by atoms with Gasteiger partial charge in [0.2, 0.25) is 0 Å². The van der Waals surface area contributed by atoms with Crippen LogP contribution in [0.25, 0.3) is 11.1 Å². The molecule has 3 aromatic carbocycles.